The number of hydrogen-bond acceptors (Lipinski definition) is 3. The molecule has 0 spiro atoms. The quantitative estimate of drug-likeness (QED) is 0.270. The van der Waals surface area contributed by atoms with Crippen LogP contribution in [0.25, 0.3) is 38.4 Å². The molecule has 0 radical (unpaired) electrons. The minimum atomic E-state index is -0.192. The summed E-state index contributed by atoms with van der Waals surface area (Å²) in [6.45, 7) is 6.11. The van der Waals surface area contributed by atoms with Crippen LogP contribution in [0.15, 0.2) is 89.6 Å². The summed E-state index contributed by atoms with van der Waals surface area (Å²) in [5.74, 6) is 0.466. The molecular formula is C31H27NO3. The number of ether oxygens (including phenoxy) is 1. The van der Waals surface area contributed by atoms with E-state index < -0.39 is 0 Å². The molecule has 1 amide bonds. The van der Waals surface area contributed by atoms with Crippen molar-refractivity contribution in [2.45, 2.75) is 20.8 Å². The van der Waals surface area contributed by atoms with Crippen molar-refractivity contribution < 1.29 is 13.9 Å². The molecule has 0 saturated carbocycles. The number of amides is 1. The first kappa shape index (κ1) is 22.5. The molecule has 4 nitrogen and oxygen atoms in total. The van der Waals surface area contributed by atoms with Gasteiger partial charge in [-0.15, -0.1) is 0 Å². The maximum absolute atomic E-state index is 13.0. The Hall–Kier alpha value is -4.31. The number of rotatable bonds is 5. The summed E-state index contributed by atoms with van der Waals surface area (Å²) in [7, 11) is 1.63. The van der Waals surface area contributed by atoms with Crippen molar-refractivity contribution in [3.63, 3.8) is 0 Å². The van der Waals surface area contributed by atoms with Gasteiger partial charge in [-0.25, -0.2) is 0 Å². The minimum Gasteiger partial charge on any atom is -0.496 e. The minimum absolute atomic E-state index is 0.192. The SMILES string of the molecule is COc1cc2occ(-c3ccc(C)cc3C)c2cc1/C(C)=C/C(=O)Nc1cccc2ccccc12. The number of carbonyl (C=O) groups is 1. The van der Waals surface area contributed by atoms with E-state index in [0.717, 1.165) is 49.7 Å². The van der Waals surface area contributed by atoms with Gasteiger partial charge in [-0.05, 0) is 55.0 Å². The highest BCUT2D eigenvalue weighted by Crippen LogP contribution is 2.38. The third-order valence-corrected chi connectivity index (χ3v) is 6.39. The van der Waals surface area contributed by atoms with Gasteiger partial charge in [0.2, 0.25) is 5.91 Å². The predicted octanol–water partition coefficient (Wildman–Crippen LogP) is 7.92. The van der Waals surface area contributed by atoms with Crippen molar-refractivity contribution in [1.82, 2.24) is 0 Å². The fourth-order valence-electron chi connectivity index (χ4n) is 4.63. The van der Waals surface area contributed by atoms with Crippen molar-refractivity contribution in [3.05, 3.63) is 102 Å². The molecule has 5 rings (SSSR count). The third kappa shape index (κ3) is 4.31. The summed E-state index contributed by atoms with van der Waals surface area (Å²) >= 11 is 0. The Bertz CT molecular complexity index is 1600. The molecule has 4 aromatic carbocycles. The van der Waals surface area contributed by atoms with Gasteiger partial charge in [-0.1, -0.05) is 60.2 Å². The van der Waals surface area contributed by atoms with E-state index in [1.165, 1.54) is 11.1 Å². The van der Waals surface area contributed by atoms with Crippen LogP contribution in [0.4, 0.5) is 5.69 Å². The highest BCUT2D eigenvalue weighted by Gasteiger charge is 2.16. The second-order valence-electron chi connectivity index (χ2n) is 8.86. The molecule has 4 heteroatoms. The van der Waals surface area contributed by atoms with E-state index in [1.54, 1.807) is 19.4 Å². The number of nitrogens with one attached hydrogen (secondary N) is 1. The van der Waals surface area contributed by atoms with Gasteiger partial charge in [0.1, 0.15) is 11.3 Å². The van der Waals surface area contributed by atoms with E-state index >= 15 is 0 Å². The lowest BCUT2D eigenvalue weighted by molar-refractivity contribution is -0.111. The standard InChI is InChI=1S/C31H27NO3/c1-19-12-13-23(20(2)14-19)27-18-35-30-17-29(34-4)25(16-26(27)30)21(3)15-31(33)32-28-11-7-9-22-8-5-6-10-24(22)28/h5-18H,1-4H3,(H,32,33)/b21-15+. The Morgan fingerprint density at radius 2 is 1.71 bits per heavy atom. The smallest absolute Gasteiger partial charge is 0.248 e. The van der Waals surface area contributed by atoms with E-state index in [2.05, 4.69) is 37.4 Å². The Morgan fingerprint density at radius 3 is 2.51 bits per heavy atom. The molecule has 0 atom stereocenters. The maximum atomic E-state index is 13.0. The molecule has 5 aromatic rings. The molecule has 0 aliphatic heterocycles. The number of furan rings is 1. The molecule has 0 unspecified atom stereocenters. The normalized spacial score (nSPS) is 11.7. The molecule has 1 aromatic heterocycles. The number of allylic oxidation sites excluding steroid dienone is 1. The van der Waals surface area contributed by atoms with Gasteiger partial charge in [0.25, 0.3) is 0 Å². The first-order chi connectivity index (χ1) is 16.9. The van der Waals surface area contributed by atoms with E-state index in [9.17, 15) is 4.79 Å². The fraction of sp³-hybridized carbons (Fsp3) is 0.129. The summed E-state index contributed by atoms with van der Waals surface area (Å²) in [6.07, 6.45) is 3.40. The zero-order valence-electron chi connectivity index (χ0n) is 20.3. The molecule has 0 fully saturated rings. The summed E-state index contributed by atoms with van der Waals surface area (Å²) in [5, 5.41) is 6.10. The lowest BCUT2D eigenvalue weighted by Gasteiger charge is -2.11. The molecule has 1 heterocycles. The highest BCUT2D eigenvalue weighted by atomic mass is 16.5. The fourth-order valence-corrected chi connectivity index (χ4v) is 4.63. The molecule has 174 valence electrons. The number of aryl methyl sites for hydroxylation is 2. The van der Waals surface area contributed by atoms with Gasteiger partial charge in [0.15, 0.2) is 0 Å². The van der Waals surface area contributed by atoms with Crippen LogP contribution in [0, 0.1) is 13.8 Å². The molecule has 0 aliphatic carbocycles. The van der Waals surface area contributed by atoms with Gasteiger partial charge in [-0.2, -0.15) is 0 Å². The van der Waals surface area contributed by atoms with E-state index in [-0.39, 0.29) is 5.91 Å². The summed E-state index contributed by atoms with van der Waals surface area (Å²) in [6, 6.07) is 24.2. The van der Waals surface area contributed by atoms with Gasteiger partial charge < -0.3 is 14.5 Å². The summed E-state index contributed by atoms with van der Waals surface area (Å²) < 4.78 is 11.5. The first-order valence-electron chi connectivity index (χ1n) is 11.6. The van der Waals surface area contributed by atoms with E-state index in [1.807, 2.05) is 61.5 Å². The van der Waals surface area contributed by atoms with Crippen molar-refractivity contribution in [2.24, 2.45) is 0 Å². The largest absolute Gasteiger partial charge is 0.496 e. The van der Waals surface area contributed by atoms with Crippen LogP contribution < -0.4 is 10.1 Å². The predicted molar refractivity (Wildman–Crippen MR) is 144 cm³/mol. The number of benzene rings is 4. The van der Waals surface area contributed by atoms with Gasteiger partial charge in [-0.3, -0.25) is 4.79 Å². The van der Waals surface area contributed by atoms with E-state index in [4.69, 9.17) is 9.15 Å². The number of anilines is 1. The average molecular weight is 462 g/mol. The third-order valence-electron chi connectivity index (χ3n) is 6.39. The van der Waals surface area contributed by atoms with Gasteiger partial charge in [0, 0.05) is 39.7 Å². The van der Waals surface area contributed by atoms with E-state index in [0.29, 0.717) is 5.75 Å². The van der Waals surface area contributed by atoms with Crippen molar-refractivity contribution in [1.29, 1.82) is 0 Å². The highest BCUT2D eigenvalue weighted by molar-refractivity contribution is 6.09. The van der Waals surface area contributed by atoms with Gasteiger partial charge in [0.05, 0.1) is 13.4 Å². The Balaban J connectivity index is 1.53. The first-order valence-corrected chi connectivity index (χ1v) is 11.6. The maximum Gasteiger partial charge on any atom is 0.248 e. The topological polar surface area (TPSA) is 51.5 Å². The van der Waals surface area contributed by atoms with Crippen LogP contribution in [-0.4, -0.2) is 13.0 Å². The number of methoxy groups -OCH3 is 1. The molecule has 0 saturated heterocycles. The van der Waals surface area contributed by atoms with Crippen molar-refractivity contribution in [3.8, 4) is 16.9 Å². The molecular weight excluding hydrogens is 434 g/mol. The molecule has 0 bridgehead atoms. The lowest BCUT2D eigenvalue weighted by atomic mass is 9.96. The van der Waals surface area contributed by atoms with Gasteiger partial charge >= 0.3 is 0 Å². The number of hydrogen-bond donors (Lipinski definition) is 1. The summed E-state index contributed by atoms with van der Waals surface area (Å²) in [4.78, 5) is 13.0. The Labute approximate surface area is 204 Å². The van der Waals surface area contributed by atoms with Crippen LogP contribution >= 0.6 is 0 Å². The molecule has 0 aliphatic rings. The summed E-state index contributed by atoms with van der Waals surface area (Å²) in [5.41, 5.74) is 7.73. The lowest BCUT2D eigenvalue weighted by Crippen LogP contribution is -2.09. The monoisotopic (exact) mass is 461 g/mol. The van der Waals surface area contributed by atoms with Crippen molar-refractivity contribution in [2.75, 3.05) is 12.4 Å². The van der Waals surface area contributed by atoms with Crippen LogP contribution in [0.3, 0.4) is 0 Å². The van der Waals surface area contributed by atoms with Crippen LogP contribution in [0.5, 0.6) is 5.75 Å². The van der Waals surface area contributed by atoms with Crippen LogP contribution in [0.1, 0.15) is 23.6 Å². The number of fused-ring (bicyclic) bond motifs is 2. The van der Waals surface area contributed by atoms with Crippen LogP contribution in [-0.2, 0) is 4.79 Å². The Kier molecular flexibility index (Phi) is 5.87. The second kappa shape index (κ2) is 9.15. The van der Waals surface area contributed by atoms with Crippen LogP contribution in [0.2, 0.25) is 0 Å². The number of carbonyl (C=O) groups excluding carboxylic acids is 1. The zero-order chi connectivity index (χ0) is 24.5. The van der Waals surface area contributed by atoms with Crippen molar-refractivity contribution >= 4 is 38.9 Å². The second-order valence-corrected chi connectivity index (χ2v) is 8.86. The Morgan fingerprint density at radius 1 is 0.914 bits per heavy atom. The molecule has 35 heavy (non-hydrogen) atoms. The zero-order valence-corrected chi connectivity index (χ0v) is 20.3. The molecule has 1 N–H and O–H groups in total. The average Bonchev–Trinajstić information content (AvgIpc) is 3.26.